The Labute approximate surface area is 124 Å². The van der Waals surface area contributed by atoms with E-state index in [9.17, 15) is 4.79 Å². The van der Waals surface area contributed by atoms with Gasteiger partial charge < -0.3 is 9.47 Å². The Balaban J connectivity index is 1.64. The lowest BCUT2D eigenvalue weighted by molar-refractivity contribution is 0.0517. The molecule has 1 aromatic carbocycles. The Kier molecular flexibility index (Phi) is 3.49. The van der Waals surface area contributed by atoms with Crippen LogP contribution in [0.4, 0.5) is 0 Å². The van der Waals surface area contributed by atoms with Crippen molar-refractivity contribution >= 4 is 5.91 Å². The Morgan fingerprint density at radius 1 is 1.24 bits per heavy atom. The first-order valence-electron chi connectivity index (χ1n) is 7.31. The molecule has 0 aliphatic carbocycles. The maximum absolute atomic E-state index is 12.4. The third-order valence-corrected chi connectivity index (χ3v) is 4.12. The lowest BCUT2D eigenvalue weighted by atomic mass is 10.0. The predicted octanol–water partition coefficient (Wildman–Crippen LogP) is 2.41. The number of carbonyl (C=O) groups excluding carboxylic acids is 1. The van der Waals surface area contributed by atoms with Crippen LogP contribution in [0.1, 0.15) is 47.6 Å². The molecule has 1 aliphatic rings. The van der Waals surface area contributed by atoms with Gasteiger partial charge >= 0.3 is 0 Å². The molecule has 1 saturated heterocycles. The molecule has 1 aliphatic heterocycles. The molecule has 0 saturated carbocycles. The minimum atomic E-state index is 0.104. The molecule has 0 bridgehead atoms. The molecule has 2 heterocycles. The highest BCUT2D eigenvalue weighted by Crippen LogP contribution is 2.24. The van der Waals surface area contributed by atoms with Crippen LogP contribution >= 0.6 is 0 Å². The van der Waals surface area contributed by atoms with Crippen molar-refractivity contribution < 1.29 is 4.79 Å². The molecular weight excluding hydrogens is 264 g/mol. The zero-order chi connectivity index (χ0) is 15.0. The summed E-state index contributed by atoms with van der Waals surface area (Å²) in [7, 11) is 0. The maximum atomic E-state index is 12.4. The SMILES string of the molecule is Cc1nncn1C1CN(C(=O)c2ccc(C(C)C)cc2)C1. The summed E-state index contributed by atoms with van der Waals surface area (Å²) in [5.41, 5.74) is 2.02. The van der Waals surface area contributed by atoms with Crippen LogP contribution in [0.25, 0.3) is 0 Å². The van der Waals surface area contributed by atoms with Crippen molar-refractivity contribution in [3.8, 4) is 0 Å². The Morgan fingerprint density at radius 3 is 2.43 bits per heavy atom. The highest BCUT2D eigenvalue weighted by molar-refractivity contribution is 5.94. The van der Waals surface area contributed by atoms with Gasteiger partial charge in [-0.05, 0) is 30.5 Å². The van der Waals surface area contributed by atoms with Crippen LogP contribution < -0.4 is 0 Å². The molecule has 1 fully saturated rings. The van der Waals surface area contributed by atoms with Gasteiger partial charge in [0.05, 0.1) is 6.04 Å². The van der Waals surface area contributed by atoms with Gasteiger partial charge in [0.25, 0.3) is 5.91 Å². The van der Waals surface area contributed by atoms with Gasteiger partial charge in [-0.3, -0.25) is 4.79 Å². The lowest BCUT2D eigenvalue weighted by Gasteiger charge is -2.40. The van der Waals surface area contributed by atoms with Crippen LogP contribution in [-0.2, 0) is 0 Å². The largest absolute Gasteiger partial charge is 0.334 e. The van der Waals surface area contributed by atoms with Crippen molar-refractivity contribution in [3.05, 3.63) is 47.5 Å². The van der Waals surface area contributed by atoms with Gasteiger partial charge in [-0.1, -0.05) is 26.0 Å². The minimum absolute atomic E-state index is 0.104. The summed E-state index contributed by atoms with van der Waals surface area (Å²) in [5.74, 6) is 1.49. The van der Waals surface area contributed by atoms with E-state index >= 15 is 0 Å². The second-order valence-electron chi connectivity index (χ2n) is 5.93. The first-order valence-corrected chi connectivity index (χ1v) is 7.31. The van der Waals surface area contributed by atoms with Crippen molar-refractivity contribution in [2.24, 2.45) is 0 Å². The van der Waals surface area contributed by atoms with Gasteiger partial charge in [0.2, 0.25) is 0 Å². The topological polar surface area (TPSA) is 51.0 Å². The van der Waals surface area contributed by atoms with Gasteiger partial charge in [-0.15, -0.1) is 10.2 Å². The summed E-state index contributed by atoms with van der Waals surface area (Å²) >= 11 is 0. The van der Waals surface area contributed by atoms with Crippen LogP contribution in [0.2, 0.25) is 0 Å². The van der Waals surface area contributed by atoms with Crippen molar-refractivity contribution in [1.29, 1.82) is 0 Å². The Hall–Kier alpha value is -2.17. The molecule has 2 aromatic rings. The summed E-state index contributed by atoms with van der Waals surface area (Å²) in [6.07, 6.45) is 1.74. The number of hydrogen-bond acceptors (Lipinski definition) is 3. The average molecular weight is 284 g/mol. The Morgan fingerprint density at radius 2 is 1.90 bits per heavy atom. The molecule has 0 spiro atoms. The van der Waals surface area contributed by atoms with E-state index in [1.54, 1.807) is 6.33 Å². The zero-order valence-corrected chi connectivity index (χ0v) is 12.7. The fraction of sp³-hybridized carbons (Fsp3) is 0.438. The van der Waals surface area contributed by atoms with E-state index in [4.69, 9.17) is 0 Å². The first-order chi connectivity index (χ1) is 10.1. The van der Waals surface area contributed by atoms with Crippen LogP contribution in [0.3, 0.4) is 0 Å². The van der Waals surface area contributed by atoms with Crippen LogP contribution in [0.5, 0.6) is 0 Å². The number of amides is 1. The van der Waals surface area contributed by atoms with E-state index in [1.807, 2.05) is 40.7 Å². The molecule has 1 aromatic heterocycles. The monoisotopic (exact) mass is 284 g/mol. The smallest absolute Gasteiger partial charge is 0.253 e. The molecule has 0 N–H and O–H groups in total. The minimum Gasteiger partial charge on any atom is -0.334 e. The predicted molar refractivity (Wildman–Crippen MR) is 80.2 cm³/mol. The molecule has 5 nitrogen and oxygen atoms in total. The summed E-state index contributed by atoms with van der Waals surface area (Å²) < 4.78 is 2.03. The highest BCUT2D eigenvalue weighted by atomic mass is 16.2. The Bertz CT molecular complexity index is 639. The van der Waals surface area contributed by atoms with Gasteiger partial charge in [0.15, 0.2) is 0 Å². The number of nitrogens with zero attached hydrogens (tertiary/aromatic N) is 4. The van der Waals surface area contributed by atoms with E-state index in [2.05, 4.69) is 24.0 Å². The summed E-state index contributed by atoms with van der Waals surface area (Å²) in [6, 6.07) is 8.24. The van der Waals surface area contributed by atoms with E-state index in [0.29, 0.717) is 12.0 Å². The fourth-order valence-electron chi connectivity index (χ4n) is 2.65. The molecule has 3 rings (SSSR count). The third-order valence-electron chi connectivity index (χ3n) is 4.12. The quantitative estimate of drug-likeness (QED) is 0.869. The molecule has 1 amide bonds. The number of benzene rings is 1. The second kappa shape index (κ2) is 5.31. The van der Waals surface area contributed by atoms with Crippen molar-refractivity contribution in [3.63, 3.8) is 0 Å². The molecule has 21 heavy (non-hydrogen) atoms. The van der Waals surface area contributed by atoms with E-state index in [0.717, 1.165) is 24.5 Å². The number of hydrogen-bond donors (Lipinski definition) is 0. The summed E-state index contributed by atoms with van der Waals surface area (Å²) in [6.45, 7) is 7.69. The number of rotatable bonds is 3. The molecule has 0 radical (unpaired) electrons. The lowest BCUT2D eigenvalue weighted by Crippen LogP contribution is -2.50. The van der Waals surface area contributed by atoms with Crippen molar-refractivity contribution in [2.75, 3.05) is 13.1 Å². The highest BCUT2D eigenvalue weighted by Gasteiger charge is 2.33. The normalized spacial score (nSPS) is 15.3. The molecule has 5 heteroatoms. The first kappa shape index (κ1) is 13.8. The number of carbonyl (C=O) groups is 1. The molecular formula is C16H20N4O. The zero-order valence-electron chi connectivity index (χ0n) is 12.7. The third kappa shape index (κ3) is 2.55. The summed E-state index contributed by atoms with van der Waals surface area (Å²) in [5, 5.41) is 7.87. The number of aromatic nitrogens is 3. The second-order valence-corrected chi connectivity index (χ2v) is 5.93. The van der Waals surface area contributed by atoms with Gasteiger partial charge in [0, 0.05) is 18.7 Å². The van der Waals surface area contributed by atoms with Crippen LogP contribution in [0.15, 0.2) is 30.6 Å². The van der Waals surface area contributed by atoms with Crippen molar-refractivity contribution in [2.45, 2.75) is 32.7 Å². The van der Waals surface area contributed by atoms with E-state index < -0.39 is 0 Å². The fourth-order valence-corrected chi connectivity index (χ4v) is 2.65. The van der Waals surface area contributed by atoms with Crippen LogP contribution in [-0.4, -0.2) is 38.7 Å². The van der Waals surface area contributed by atoms with Gasteiger partial charge in [-0.2, -0.15) is 0 Å². The summed E-state index contributed by atoms with van der Waals surface area (Å²) in [4.78, 5) is 14.3. The number of aryl methyl sites for hydroxylation is 1. The number of likely N-dealkylation sites (tertiary alicyclic amines) is 1. The molecule has 0 atom stereocenters. The van der Waals surface area contributed by atoms with Gasteiger partial charge in [0.1, 0.15) is 12.2 Å². The average Bonchev–Trinajstić information content (AvgIpc) is 2.83. The maximum Gasteiger partial charge on any atom is 0.253 e. The van der Waals surface area contributed by atoms with Gasteiger partial charge in [-0.25, -0.2) is 0 Å². The van der Waals surface area contributed by atoms with E-state index in [1.165, 1.54) is 5.56 Å². The standard InChI is InChI=1S/C16H20N4O/c1-11(2)13-4-6-14(7-5-13)16(21)19-8-15(9-19)20-10-17-18-12(20)3/h4-7,10-11,15H,8-9H2,1-3H3. The van der Waals surface area contributed by atoms with Crippen molar-refractivity contribution in [1.82, 2.24) is 19.7 Å². The van der Waals surface area contributed by atoms with E-state index in [-0.39, 0.29) is 5.91 Å². The molecule has 0 unspecified atom stereocenters. The molecule has 110 valence electrons. The van der Waals surface area contributed by atoms with Crippen LogP contribution in [0, 0.1) is 6.92 Å².